The highest BCUT2D eigenvalue weighted by molar-refractivity contribution is 5.79. The zero-order valence-electron chi connectivity index (χ0n) is 19.1. The molecule has 6 nitrogen and oxygen atoms in total. The summed E-state index contributed by atoms with van der Waals surface area (Å²) in [5, 5.41) is 6.80. The van der Waals surface area contributed by atoms with Crippen LogP contribution in [0.25, 0.3) is 0 Å². The number of guanidine groups is 1. The molecule has 2 aromatic carbocycles. The van der Waals surface area contributed by atoms with Gasteiger partial charge in [-0.25, -0.2) is 4.99 Å². The predicted octanol–water partition coefficient (Wildman–Crippen LogP) is 3.79. The zero-order chi connectivity index (χ0) is 22.2. The second-order valence-electron chi connectivity index (χ2n) is 8.31. The number of hydrogen-bond donors (Lipinski definition) is 2. The van der Waals surface area contributed by atoms with E-state index in [2.05, 4.69) is 84.0 Å². The number of nitrogens with one attached hydrogen (secondary N) is 2. The van der Waals surface area contributed by atoms with E-state index in [-0.39, 0.29) is 6.10 Å². The molecule has 1 fully saturated rings. The van der Waals surface area contributed by atoms with E-state index < -0.39 is 0 Å². The lowest BCUT2D eigenvalue weighted by molar-refractivity contribution is 0.140. The van der Waals surface area contributed by atoms with E-state index in [9.17, 15) is 0 Å². The Bertz CT molecular complexity index is 925. The Balaban J connectivity index is 1.37. The van der Waals surface area contributed by atoms with E-state index in [1.165, 1.54) is 16.8 Å². The molecule has 0 amide bonds. The maximum atomic E-state index is 6.23. The Kier molecular flexibility index (Phi) is 7.67. The van der Waals surface area contributed by atoms with Crippen LogP contribution in [0.5, 0.6) is 5.75 Å². The summed E-state index contributed by atoms with van der Waals surface area (Å²) in [6, 6.07) is 15.0. The van der Waals surface area contributed by atoms with Crippen molar-refractivity contribution in [1.29, 1.82) is 0 Å². The summed E-state index contributed by atoms with van der Waals surface area (Å²) in [5.74, 6) is 1.73. The second kappa shape index (κ2) is 11.0. The molecule has 1 atom stereocenters. The molecule has 0 aromatic heterocycles. The van der Waals surface area contributed by atoms with E-state index in [0.717, 1.165) is 49.9 Å². The number of aryl methyl sites for hydroxylation is 1. The molecule has 2 N–H and O–H groups in total. The maximum absolute atomic E-state index is 6.23. The molecule has 2 aliphatic rings. The zero-order valence-corrected chi connectivity index (χ0v) is 19.1. The molecule has 0 radical (unpaired) electrons. The first kappa shape index (κ1) is 22.2. The van der Waals surface area contributed by atoms with Gasteiger partial charge in [0.15, 0.2) is 5.96 Å². The number of anilines is 1. The van der Waals surface area contributed by atoms with Gasteiger partial charge in [-0.15, -0.1) is 0 Å². The average molecular weight is 435 g/mol. The molecule has 170 valence electrons. The van der Waals surface area contributed by atoms with Crippen LogP contribution in [0, 0.1) is 6.92 Å². The van der Waals surface area contributed by atoms with Crippen molar-refractivity contribution in [3.63, 3.8) is 0 Å². The van der Waals surface area contributed by atoms with Gasteiger partial charge in [0.25, 0.3) is 0 Å². The summed E-state index contributed by atoms with van der Waals surface area (Å²) in [7, 11) is 0. The van der Waals surface area contributed by atoms with Crippen LogP contribution in [0.4, 0.5) is 5.69 Å². The Morgan fingerprint density at radius 2 is 1.94 bits per heavy atom. The van der Waals surface area contributed by atoms with Crippen molar-refractivity contribution in [1.82, 2.24) is 10.6 Å². The first-order valence-corrected chi connectivity index (χ1v) is 11.6. The molecular weight excluding hydrogens is 400 g/mol. The molecule has 2 heterocycles. The third kappa shape index (κ3) is 6.04. The van der Waals surface area contributed by atoms with Gasteiger partial charge in [0.05, 0.1) is 19.8 Å². The molecule has 4 rings (SSSR count). The van der Waals surface area contributed by atoms with Crippen LogP contribution >= 0.6 is 0 Å². The lowest BCUT2D eigenvalue weighted by Crippen LogP contribution is -2.37. The summed E-state index contributed by atoms with van der Waals surface area (Å²) in [5.41, 5.74) is 4.76. The Labute approximate surface area is 191 Å². The number of ether oxygens (including phenoxy) is 2. The number of hydrogen-bond acceptors (Lipinski definition) is 4. The van der Waals surface area contributed by atoms with E-state index in [1.54, 1.807) is 0 Å². The number of nitrogens with zero attached hydrogens (tertiary/aromatic N) is 2. The van der Waals surface area contributed by atoms with Crippen molar-refractivity contribution in [3.8, 4) is 5.75 Å². The highest BCUT2D eigenvalue weighted by atomic mass is 16.5. The quantitative estimate of drug-likeness (QED) is 0.376. The molecule has 0 aliphatic carbocycles. The van der Waals surface area contributed by atoms with Crippen LogP contribution in [-0.4, -0.2) is 44.9 Å². The number of rotatable bonds is 8. The molecule has 0 saturated carbocycles. The van der Waals surface area contributed by atoms with Crippen LogP contribution < -0.4 is 20.3 Å². The van der Waals surface area contributed by atoms with Crippen LogP contribution in [0.1, 0.15) is 30.0 Å². The van der Waals surface area contributed by atoms with Gasteiger partial charge in [-0.1, -0.05) is 36.4 Å². The highest BCUT2D eigenvalue weighted by Crippen LogP contribution is 2.24. The van der Waals surface area contributed by atoms with Gasteiger partial charge < -0.3 is 25.0 Å². The van der Waals surface area contributed by atoms with Gasteiger partial charge in [0.2, 0.25) is 0 Å². The van der Waals surface area contributed by atoms with Gasteiger partial charge in [-0.3, -0.25) is 0 Å². The van der Waals surface area contributed by atoms with E-state index >= 15 is 0 Å². The standard InChI is InChI=1S/C26H34N4O2/c1-3-27-26(28-17-21-7-10-23(11-8-21)30-13-4-5-14-30)29-18-22-9-6-20(2)16-25(22)32-24-12-15-31-19-24/h4-11,16,24H,3,12-15,17-19H2,1-2H3,(H2,27,28,29). The topological polar surface area (TPSA) is 58.1 Å². The van der Waals surface area contributed by atoms with Crippen molar-refractivity contribution >= 4 is 11.6 Å². The van der Waals surface area contributed by atoms with Crippen molar-refractivity contribution in [3.05, 3.63) is 71.3 Å². The van der Waals surface area contributed by atoms with Crippen molar-refractivity contribution in [2.45, 2.75) is 39.5 Å². The predicted molar refractivity (Wildman–Crippen MR) is 130 cm³/mol. The Morgan fingerprint density at radius 3 is 2.66 bits per heavy atom. The van der Waals surface area contributed by atoms with Crippen LogP contribution in [0.15, 0.2) is 59.6 Å². The van der Waals surface area contributed by atoms with Crippen LogP contribution in [-0.2, 0) is 17.8 Å². The van der Waals surface area contributed by atoms with Crippen molar-refractivity contribution < 1.29 is 9.47 Å². The summed E-state index contributed by atoms with van der Waals surface area (Å²) >= 11 is 0. The maximum Gasteiger partial charge on any atom is 0.191 e. The fourth-order valence-electron chi connectivity index (χ4n) is 3.90. The monoisotopic (exact) mass is 434 g/mol. The normalized spacial score (nSPS) is 18.2. The largest absolute Gasteiger partial charge is 0.488 e. The molecule has 1 unspecified atom stereocenters. The van der Waals surface area contributed by atoms with Gasteiger partial charge in [0.1, 0.15) is 11.9 Å². The summed E-state index contributed by atoms with van der Waals surface area (Å²) in [6.07, 6.45) is 5.49. The van der Waals surface area contributed by atoms with Crippen LogP contribution in [0.3, 0.4) is 0 Å². The minimum atomic E-state index is 0.136. The Morgan fingerprint density at radius 1 is 1.12 bits per heavy atom. The summed E-state index contributed by atoms with van der Waals surface area (Å²) in [4.78, 5) is 7.13. The van der Waals surface area contributed by atoms with Gasteiger partial charge in [0, 0.05) is 43.9 Å². The molecule has 0 bridgehead atoms. The van der Waals surface area contributed by atoms with Gasteiger partial charge in [-0.2, -0.15) is 0 Å². The van der Waals surface area contributed by atoms with E-state index in [0.29, 0.717) is 19.7 Å². The molecule has 2 aromatic rings. The average Bonchev–Trinajstić information content (AvgIpc) is 3.52. The van der Waals surface area contributed by atoms with Gasteiger partial charge in [-0.05, 0) is 43.2 Å². The fraction of sp³-hybridized carbons (Fsp3) is 0.423. The van der Waals surface area contributed by atoms with E-state index in [4.69, 9.17) is 14.5 Å². The summed E-state index contributed by atoms with van der Waals surface area (Å²) in [6.45, 7) is 9.68. The van der Waals surface area contributed by atoms with Crippen molar-refractivity contribution in [2.24, 2.45) is 4.99 Å². The number of benzene rings is 2. The molecule has 0 spiro atoms. The third-order valence-corrected chi connectivity index (χ3v) is 5.73. The van der Waals surface area contributed by atoms with Crippen molar-refractivity contribution in [2.75, 3.05) is 37.7 Å². The lowest BCUT2D eigenvalue weighted by atomic mass is 10.1. The van der Waals surface area contributed by atoms with Gasteiger partial charge >= 0.3 is 0 Å². The smallest absolute Gasteiger partial charge is 0.191 e. The highest BCUT2D eigenvalue weighted by Gasteiger charge is 2.18. The SMILES string of the molecule is CCNC(=NCc1ccc(N2CC=CC2)cc1)NCc1ccc(C)cc1OC1CCOC1. The molecule has 6 heteroatoms. The molecule has 1 saturated heterocycles. The Hall–Kier alpha value is -2.99. The van der Waals surface area contributed by atoms with E-state index in [1.807, 2.05) is 0 Å². The second-order valence-corrected chi connectivity index (χ2v) is 8.31. The minimum Gasteiger partial charge on any atom is -0.488 e. The minimum absolute atomic E-state index is 0.136. The molecule has 32 heavy (non-hydrogen) atoms. The first-order chi connectivity index (χ1) is 15.7. The molecular formula is C26H34N4O2. The fourth-order valence-corrected chi connectivity index (χ4v) is 3.90. The number of aliphatic imine (C=N–C) groups is 1. The van der Waals surface area contributed by atoms with Crippen LogP contribution in [0.2, 0.25) is 0 Å². The third-order valence-electron chi connectivity index (χ3n) is 5.73. The summed E-state index contributed by atoms with van der Waals surface area (Å²) < 4.78 is 11.7. The molecule has 2 aliphatic heterocycles. The first-order valence-electron chi connectivity index (χ1n) is 11.6. The lowest BCUT2D eigenvalue weighted by Gasteiger charge is -2.18.